The van der Waals surface area contributed by atoms with Gasteiger partial charge in [0, 0.05) is 24.7 Å². The van der Waals surface area contributed by atoms with Gasteiger partial charge in [0.25, 0.3) is 0 Å². The summed E-state index contributed by atoms with van der Waals surface area (Å²) in [7, 11) is 0. The summed E-state index contributed by atoms with van der Waals surface area (Å²) in [5.74, 6) is 1.69. The maximum absolute atomic E-state index is 4.76. The number of nitrogens with one attached hydrogen (secondary N) is 1. The third kappa shape index (κ3) is 3.29. The summed E-state index contributed by atoms with van der Waals surface area (Å²) >= 11 is 0. The number of hydrogen-bond donors (Lipinski definition) is 1. The van der Waals surface area contributed by atoms with Crippen LogP contribution in [0.25, 0.3) is 0 Å². The van der Waals surface area contributed by atoms with Crippen molar-refractivity contribution >= 4 is 0 Å². The maximum atomic E-state index is 4.76. The van der Waals surface area contributed by atoms with Crippen LogP contribution in [0, 0.1) is 0 Å². The third-order valence-corrected chi connectivity index (χ3v) is 4.10. The minimum Gasteiger partial charge on any atom is -0.308 e. The highest BCUT2D eigenvalue weighted by molar-refractivity contribution is 5.06. The van der Waals surface area contributed by atoms with Gasteiger partial charge in [0.05, 0.1) is 5.69 Å². The maximum Gasteiger partial charge on any atom is 0.131 e. The van der Waals surface area contributed by atoms with Crippen LogP contribution in [0.2, 0.25) is 0 Å². The molecule has 0 atom stereocenters. The smallest absolute Gasteiger partial charge is 0.131 e. The lowest BCUT2D eigenvalue weighted by molar-refractivity contribution is 0.553. The van der Waals surface area contributed by atoms with Crippen LogP contribution in [-0.2, 0) is 6.54 Å². The van der Waals surface area contributed by atoms with Crippen LogP contribution < -0.4 is 5.32 Å². The zero-order valence-electron chi connectivity index (χ0n) is 11.1. The molecule has 1 heterocycles. The zero-order valence-corrected chi connectivity index (χ0v) is 11.1. The Labute approximate surface area is 109 Å². The summed E-state index contributed by atoms with van der Waals surface area (Å²) in [6, 6.07) is 2.80. The molecular weight excluding hydrogens is 222 g/mol. The molecule has 0 saturated heterocycles. The van der Waals surface area contributed by atoms with Crippen molar-refractivity contribution < 1.29 is 0 Å². The van der Waals surface area contributed by atoms with Crippen molar-refractivity contribution in [3.63, 3.8) is 0 Å². The molecule has 0 bridgehead atoms. The van der Waals surface area contributed by atoms with Crippen LogP contribution >= 0.6 is 0 Å². The van der Waals surface area contributed by atoms with Crippen molar-refractivity contribution in [2.45, 2.75) is 69.9 Å². The zero-order chi connectivity index (χ0) is 12.2. The number of aromatic nitrogens is 2. The normalized spacial score (nSPS) is 21.8. The Bertz CT molecular complexity index is 379. The molecule has 0 spiro atoms. The lowest BCUT2D eigenvalue weighted by Gasteiger charge is -2.13. The van der Waals surface area contributed by atoms with E-state index in [1.54, 1.807) is 0 Å². The molecule has 18 heavy (non-hydrogen) atoms. The van der Waals surface area contributed by atoms with Gasteiger partial charge < -0.3 is 5.32 Å². The summed E-state index contributed by atoms with van der Waals surface area (Å²) in [4.78, 5) is 9.27. The van der Waals surface area contributed by atoms with E-state index in [1.807, 2.05) is 6.20 Å². The molecule has 3 nitrogen and oxygen atoms in total. The van der Waals surface area contributed by atoms with Gasteiger partial charge in [-0.15, -0.1) is 0 Å². The summed E-state index contributed by atoms with van der Waals surface area (Å²) < 4.78 is 0. The summed E-state index contributed by atoms with van der Waals surface area (Å²) in [5.41, 5.74) is 1.16. The molecule has 2 aliphatic rings. The van der Waals surface area contributed by atoms with E-state index < -0.39 is 0 Å². The second kappa shape index (κ2) is 5.79. The number of nitrogens with zero attached hydrogens (tertiary/aromatic N) is 2. The predicted octanol–water partition coefficient (Wildman–Crippen LogP) is 3.17. The molecule has 0 unspecified atom stereocenters. The van der Waals surface area contributed by atoms with E-state index in [4.69, 9.17) is 4.98 Å². The second-order valence-corrected chi connectivity index (χ2v) is 5.75. The third-order valence-electron chi connectivity index (χ3n) is 4.10. The van der Waals surface area contributed by atoms with Gasteiger partial charge in [-0.05, 0) is 31.7 Å². The van der Waals surface area contributed by atoms with E-state index in [9.17, 15) is 0 Å². The molecule has 98 valence electrons. The summed E-state index contributed by atoms with van der Waals surface area (Å²) in [6.45, 7) is 0.910. The van der Waals surface area contributed by atoms with Crippen molar-refractivity contribution in [1.82, 2.24) is 15.3 Å². The Morgan fingerprint density at radius 3 is 2.56 bits per heavy atom. The minimum atomic E-state index is 0.605. The SMILES string of the molecule is c1cc(CNC2CC2)nc(C2CCCCCC2)n1. The second-order valence-electron chi connectivity index (χ2n) is 5.75. The first-order valence-electron chi connectivity index (χ1n) is 7.47. The van der Waals surface area contributed by atoms with Gasteiger partial charge in [-0.3, -0.25) is 0 Å². The molecular formula is C15H23N3. The fraction of sp³-hybridized carbons (Fsp3) is 0.733. The van der Waals surface area contributed by atoms with E-state index >= 15 is 0 Å². The van der Waals surface area contributed by atoms with Crippen LogP contribution in [0.15, 0.2) is 12.3 Å². The van der Waals surface area contributed by atoms with Gasteiger partial charge >= 0.3 is 0 Å². The van der Waals surface area contributed by atoms with Gasteiger partial charge in [0.15, 0.2) is 0 Å². The molecule has 3 heteroatoms. The molecule has 1 aromatic heterocycles. The van der Waals surface area contributed by atoms with Gasteiger partial charge in [0.1, 0.15) is 5.82 Å². The first-order valence-corrected chi connectivity index (χ1v) is 7.47. The van der Waals surface area contributed by atoms with E-state index in [0.717, 1.165) is 24.1 Å². The van der Waals surface area contributed by atoms with Crippen molar-refractivity contribution in [3.05, 3.63) is 23.8 Å². The number of hydrogen-bond acceptors (Lipinski definition) is 3. The summed E-state index contributed by atoms with van der Waals surface area (Å²) in [5, 5.41) is 3.53. The Hall–Kier alpha value is -0.960. The van der Waals surface area contributed by atoms with E-state index in [1.165, 1.54) is 51.4 Å². The first-order chi connectivity index (χ1) is 8.92. The molecule has 0 aliphatic heterocycles. The summed E-state index contributed by atoms with van der Waals surface area (Å²) in [6.07, 6.45) is 12.6. The average Bonchev–Trinajstić information content (AvgIpc) is 3.24. The lowest BCUT2D eigenvalue weighted by Crippen LogP contribution is -2.17. The average molecular weight is 245 g/mol. The largest absolute Gasteiger partial charge is 0.308 e. The highest BCUT2D eigenvalue weighted by Gasteiger charge is 2.21. The monoisotopic (exact) mass is 245 g/mol. The van der Waals surface area contributed by atoms with Gasteiger partial charge in [-0.1, -0.05) is 25.7 Å². The molecule has 1 N–H and O–H groups in total. The minimum absolute atomic E-state index is 0.605. The highest BCUT2D eigenvalue weighted by Crippen LogP contribution is 2.29. The molecule has 1 aromatic rings. The lowest BCUT2D eigenvalue weighted by atomic mass is 9.99. The standard InChI is InChI=1S/C15H23N3/c1-2-4-6-12(5-3-1)15-16-10-9-14(18-15)11-17-13-7-8-13/h9-10,12-13,17H,1-8,11H2. The van der Waals surface area contributed by atoms with Crippen molar-refractivity contribution in [2.75, 3.05) is 0 Å². The predicted molar refractivity (Wildman–Crippen MR) is 72.3 cm³/mol. The Balaban J connectivity index is 1.64. The Morgan fingerprint density at radius 1 is 1.06 bits per heavy atom. The molecule has 2 saturated carbocycles. The molecule has 0 aromatic carbocycles. The van der Waals surface area contributed by atoms with E-state index in [0.29, 0.717) is 5.92 Å². The molecule has 2 aliphatic carbocycles. The van der Waals surface area contributed by atoms with Crippen molar-refractivity contribution in [1.29, 1.82) is 0 Å². The fourth-order valence-electron chi connectivity index (χ4n) is 2.78. The van der Waals surface area contributed by atoms with Gasteiger partial charge in [-0.2, -0.15) is 0 Å². The number of rotatable bonds is 4. The highest BCUT2D eigenvalue weighted by atomic mass is 15.0. The Kier molecular flexibility index (Phi) is 3.89. The topological polar surface area (TPSA) is 37.8 Å². The van der Waals surface area contributed by atoms with E-state index in [-0.39, 0.29) is 0 Å². The van der Waals surface area contributed by atoms with Crippen LogP contribution in [0.3, 0.4) is 0 Å². The van der Waals surface area contributed by atoms with Crippen LogP contribution in [-0.4, -0.2) is 16.0 Å². The Morgan fingerprint density at radius 2 is 1.83 bits per heavy atom. The van der Waals surface area contributed by atoms with Crippen LogP contribution in [0.1, 0.15) is 68.8 Å². The molecule has 3 rings (SSSR count). The fourth-order valence-corrected chi connectivity index (χ4v) is 2.78. The molecule has 0 radical (unpaired) electrons. The van der Waals surface area contributed by atoms with Crippen molar-refractivity contribution in [2.24, 2.45) is 0 Å². The van der Waals surface area contributed by atoms with Gasteiger partial charge in [0.2, 0.25) is 0 Å². The van der Waals surface area contributed by atoms with Crippen LogP contribution in [0.5, 0.6) is 0 Å². The quantitative estimate of drug-likeness (QED) is 0.828. The van der Waals surface area contributed by atoms with Crippen molar-refractivity contribution in [3.8, 4) is 0 Å². The first kappa shape index (κ1) is 12.1. The van der Waals surface area contributed by atoms with Gasteiger partial charge in [-0.25, -0.2) is 9.97 Å². The van der Waals surface area contributed by atoms with E-state index in [2.05, 4.69) is 16.4 Å². The molecule has 0 amide bonds. The molecule has 2 fully saturated rings. The van der Waals surface area contributed by atoms with Crippen LogP contribution in [0.4, 0.5) is 0 Å².